The van der Waals surface area contributed by atoms with Gasteiger partial charge in [-0.05, 0) is 25.6 Å². The van der Waals surface area contributed by atoms with E-state index in [-0.39, 0.29) is 5.91 Å². The maximum absolute atomic E-state index is 12.0. The Balaban J connectivity index is 2.03. The molecule has 5 heteroatoms. The van der Waals surface area contributed by atoms with E-state index in [4.69, 9.17) is 11.6 Å². The number of likely N-dealkylation sites (N-methyl/N-ethyl adjacent to an activating group) is 1. The van der Waals surface area contributed by atoms with Gasteiger partial charge in [0.2, 0.25) is 0 Å². The lowest BCUT2D eigenvalue weighted by atomic mass is 10.3. The Morgan fingerprint density at radius 2 is 2.47 bits per heavy atom. The van der Waals surface area contributed by atoms with Gasteiger partial charge in [0.05, 0.1) is 9.21 Å². The van der Waals surface area contributed by atoms with Crippen molar-refractivity contribution in [2.45, 2.75) is 12.5 Å². The van der Waals surface area contributed by atoms with E-state index in [1.54, 1.807) is 12.1 Å². The largest absolute Gasteiger partial charge is 0.336 e. The third kappa shape index (κ3) is 2.33. The molecule has 0 saturated carbocycles. The molecule has 1 unspecified atom stereocenters. The van der Waals surface area contributed by atoms with E-state index in [9.17, 15) is 4.79 Å². The highest BCUT2D eigenvalue weighted by atomic mass is 35.5. The van der Waals surface area contributed by atoms with Gasteiger partial charge in [-0.15, -0.1) is 11.3 Å². The van der Waals surface area contributed by atoms with Crippen LogP contribution in [0.15, 0.2) is 12.1 Å². The number of hydrogen-bond donors (Lipinski definition) is 1. The van der Waals surface area contributed by atoms with E-state index in [1.807, 2.05) is 11.9 Å². The van der Waals surface area contributed by atoms with Crippen LogP contribution in [0, 0.1) is 0 Å². The molecule has 0 aliphatic carbocycles. The Kier molecular flexibility index (Phi) is 3.29. The number of nitrogens with zero attached hydrogens (tertiary/aromatic N) is 1. The number of halogens is 1. The summed E-state index contributed by atoms with van der Waals surface area (Å²) in [7, 11) is 1.93. The zero-order valence-corrected chi connectivity index (χ0v) is 10.1. The molecule has 1 N–H and O–H groups in total. The Morgan fingerprint density at radius 3 is 3.00 bits per heavy atom. The average molecular weight is 245 g/mol. The summed E-state index contributed by atoms with van der Waals surface area (Å²) in [6.07, 6.45) is 1.03. The van der Waals surface area contributed by atoms with E-state index in [0.717, 1.165) is 24.4 Å². The summed E-state index contributed by atoms with van der Waals surface area (Å²) in [5.74, 6) is 0.102. The lowest BCUT2D eigenvalue weighted by molar-refractivity contribution is 0.0794. The second-order valence-corrected chi connectivity index (χ2v) is 5.34. The Morgan fingerprint density at radius 1 is 1.67 bits per heavy atom. The summed E-state index contributed by atoms with van der Waals surface area (Å²) in [5, 5.41) is 3.19. The molecular formula is C10H13ClN2OS. The van der Waals surface area contributed by atoms with Gasteiger partial charge >= 0.3 is 0 Å². The van der Waals surface area contributed by atoms with Crippen LogP contribution < -0.4 is 5.32 Å². The van der Waals surface area contributed by atoms with Crippen molar-refractivity contribution in [1.82, 2.24) is 10.2 Å². The van der Waals surface area contributed by atoms with Crippen LogP contribution in [0.1, 0.15) is 16.1 Å². The van der Waals surface area contributed by atoms with Crippen molar-refractivity contribution >= 4 is 28.8 Å². The summed E-state index contributed by atoms with van der Waals surface area (Å²) >= 11 is 7.15. The molecule has 3 nitrogen and oxygen atoms in total. The first-order valence-corrected chi connectivity index (χ1v) is 6.12. The van der Waals surface area contributed by atoms with Gasteiger partial charge in [-0.25, -0.2) is 0 Å². The maximum Gasteiger partial charge on any atom is 0.264 e. The van der Waals surface area contributed by atoms with Gasteiger partial charge in [-0.1, -0.05) is 11.6 Å². The van der Waals surface area contributed by atoms with Crippen molar-refractivity contribution in [3.63, 3.8) is 0 Å². The first kappa shape index (κ1) is 10.9. The lowest BCUT2D eigenvalue weighted by Crippen LogP contribution is -2.33. The van der Waals surface area contributed by atoms with E-state index in [1.165, 1.54) is 11.3 Å². The number of carbonyl (C=O) groups excluding carboxylic acids is 1. The highest BCUT2D eigenvalue weighted by Crippen LogP contribution is 2.24. The van der Waals surface area contributed by atoms with Crippen LogP contribution in [0.2, 0.25) is 4.34 Å². The fourth-order valence-corrected chi connectivity index (χ4v) is 2.78. The van der Waals surface area contributed by atoms with E-state index in [0.29, 0.717) is 10.4 Å². The number of hydrogen-bond acceptors (Lipinski definition) is 3. The van der Waals surface area contributed by atoms with Gasteiger partial charge in [0.25, 0.3) is 5.91 Å². The average Bonchev–Trinajstić information content (AvgIpc) is 2.84. The molecule has 1 fully saturated rings. The number of rotatable bonds is 2. The minimum absolute atomic E-state index is 0.102. The van der Waals surface area contributed by atoms with Crippen molar-refractivity contribution in [3.8, 4) is 0 Å². The van der Waals surface area contributed by atoms with Gasteiger partial charge in [0, 0.05) is 19.1 Å². The number of thiophene rings is 1. The molecule has 15 heavy (non-hydrogen) atoms. The molecular weight excluding hydrogens is 232 g/mol. The molecule has 1 aliphatic rings. The third-order valence-electron chi connectivity index (χ3n) is 2.67. The topological polar surface area (TPSA) is 32.3 Å². The molecule has 1 atom stereocenters. The monoisotopic (exact) mass is 244 g/mol. The van der Waals surface area contributed by atoms with E-state index >= 15 is 0 Å². The molecule has 0 radical (unpaired) electrons. The van der Waals surface area contributed by atoms with Crippen molar-refractivity contribution in [3.05, 3.63) is 21.3 Å². The molecule has 82 valence electrons. The summed E-state index contributed by atoms with van der Waals surface area (Å²) in [6, 6.07) is 4.00. The highest BCUT2D eigenvalue weighted by molar-refractivity contribution is 7.17. The Bertz CT molecular complexity index is 366. The SMILES string of the molecule is CNC1CCN(C(=O)c2ccc(Cl)s2)C1. The van der Waals surface area contributed by atoms with Crippen molar-refractivity contribution in [2.24, 2.45) is 0 Å². The predicted octanol–water partition coefficient (Wildman–Crippen LogP) is 1.84. The van der Waals surface area contributed by atoms with Crippen LogP contribution in [0.4, 0.5) is 0 Å². The minimum atomic E-state index is 0.102. The number of carbonyl (C=O) groups is 1. The molecule has 1 saturated heterocycles. The fourth-order valence-electron chi connectivity index (χ4n) is 1.77. The second-order valence-electron chi connectivity index (χ2n) is 3.63. The van der Waals surface area contributed by atoms with Crippen molar-refractivity contribution in [1.29, 1.82) is 0 Å². The molecule has 0 spiro atoms. The summed E-state index contributed by atoms with van der Waals surface area (Å²) in [5.41, 5.74) is 0. The normalized spacial score (nSPS) is 20.9. The van der Waals surface area contributed by atoms with Crippen LogP contribution >= 0.6 is 22.9 Å². The van der Waals surface area contributed by atoms with Gasteiger partial charge in [-0.3, -0.25) is 4.79 Å². The molecule has 0 aromatic carbocycles. The Hall–Kier alpha value is -0.580. The number of likely N-dealkylation sites (tertiary alicyclic amines) is 1. The van der Waals surface area contributed by atoms with Crippen LogP contribution in [0.3, 0.4) is 0 Å². The van der Waals surface area contributed by atoms with Crippen molar-refractivity contribution < 1.29 is 4.79 Å². The standard InChI is InChI=1S/C10H13ClN2OS/c1-12-7-4-5-13(6-7)10(14)8-2-3-9(11)15-8/h2-3,7,12H,4-6H2,1H3. The van der Waals surface area contributed by atoms with Crippen LogP contribution in [-0.2, 0) is 0 Å². The molecule has 1 aromatic rings. The van der Waals surface area contributed by atoms with Crippen LogP contribution in [0.25, 0.3) is 0 Å². The molecule has 1 amide bonds. The molecule has 1 aliphatic heterocycles. The maximum atomic E-state index is 12.0. The van der Waals surface area contributed by atoms with E-state index in [2.05, 4.69) is 5.32 Å². The van der Waals surface area contributed by atoms with Gasteiger partial charge in [0.15, 0.2) is 0 Å². The number of nitrogens with one attached hydrogen (secondary N) is 1. The lowest BCUT2D eigenvalue weighted by Gasteiger charge is -2.14. The molecule has 0 bridgehead atoms. The van der Waals surface area contributed by atoms with Crippen molar-refractivity contribution in [2.75, 3.05) is 20.1 Å². The summed E-state index contributed by atoms with van der Waals surface area (Å²) < 4.78 is 0.669. The Labute approximate surface area is 98.0 Å². The fraction of sp³-hybridized carbons (Fsp3) is 0.500. The number of amides is 1. The zero-order chi connectivity index (χ0) is 10.8. The smallest absolute Gasteiger partial charge is 0.264 e. The first-order chi connectivity index (χ1) is 7.20. The second kappa shape index (κ2) is 4.51. The third-order valence-corrected chi connectivity index (χ3v) is 3.89. The van der Waals surface area contributed by atoms with E-state index < -0.39 is 0 Å². The summed E-state index contributed by atoms with van der Waals surface area (Å²) in [6.45, 7) is 1.63. The van der Waals surface area contributed by atoms with Gasteiger partial charge in [-0.2, -0.15) is 0 Å². The quantitative estimate of drug-likeness (QED) is 0.861. The minimum Gasteiger partial charge on any atom is -0.336 e. The zero-order valence-electron chi connectivity index (χ0n) is 8.50. The highest BCUT2D eigenvalue weighted by Gasteiger charge is 2.26. The molecule has 1 aromatic heterocycles. The molecule has 2 rings (SSSR count). The van der Waals surface area contributed by atoms with Crippen LogP contribution in [0.5, 0.6) is 0 Å². The summed E-state index contributed by atoms with van der Waals surface area (Å²) in [4.78, 5) is 14.6. The van der Waals surface area contributed by atoms with Gasteiger partial charge in [0.1, 0.15) is 0 Å². The van der Waals surface area contributed by atoms with Gasteiger partial charge < -0.3 is 10.2 Å². The molecule has 2 heterocycles. The van der Waals surface area contributed by atoms with Crippen LogP contribution in [-0.4, -0.2) is 37.0 Å². The first-order valence-electron chi connectivity index (χ1n) is 4.92. The predicted molar refractivity (Wildman–Crippen MR) is 62.7 cm³/mol.